The van der Waals surface area contributed by atoms with Crippen molar-refractivity contribution in [1.82, 2.24) is 0 Å². The topological polar surface area (TPSA) is 0 Å². The van der Waals surface area contributed by atoms with E-state index in [0.29, 0.717) is 0 Å². The van der Waals surface area contributed by atoms with Gasteiger partial charge in [-0.1, -0.05) is 89.7 Å². The molecule has 0 amide bonds. The highest BCUT2D eigenvalue weighted by Gasteiger charge is 2.16. The summed E-state index contributed by atoms with van der Waals surface area (Å²) in [5, 5.41) is 0. The summed E-state index contributed by atoms with van der Waals surface area (Å²) in [5.41, 5.74) is 0. The molecule has 0 bridgehead atoms. The molecule has 0 heteroatoms. The third-order valence-corrected chi connectivity index (χ3v) is 5.10. The molecule has 0 aromatic rings. The molecule has 0 aromatic carbocycles. The van der Waals surface area contributed by atoms with Crippen LogP contribution in [0, 0.1) is 5.92 Å². The van der Waals surface area contributed by atoms with Crippen LogP contribution in [-0.4, -0.2) is 0 Å². The second kappa shape index (κ2) is 15.6. The lowest BCUT2D eigenvalue weighted by atomic mass is 9.81. The van der Waals surface area contributed by atoms with Crippen molar-refractivity contribution >= 4 is 0 Å². The van der Waals surface area contributed by atoms with E-state index >= 15 is 0 Å². The summed E-state index contributed by atoms with van der Waals surface area (Å²) in [6, 6.07) is 0. The van der Waals surface area contributed by atoms with Gasteiger partial charge in [0.15, 0.2) is 0 Å². The molecule has 0 saturated heterocycles. The van der Waals surface area contributed by atoms with Crippen molar-refractivity contribution in [2.45, 2.75) is 122 Å². The molecule has 0 atom stereocenters. The number of hydrogen-bond donors (Lipinski definition) is 0. The van der Waals surface area contributed by atoms with Gasteiger partial charge in [-0.05, 0) is 50.9 Å². The zero-order chi connectivity index (χ0) is 15.7. The van der Waals surface area contributed by atoms with Crippen molar-refractivity contribution in [3.8, 4) is 0 Å². The monoisotopic (exact) mass is 305 g/mol. The fraction of sp³-hybridized carbons (Fsp3) is 0.864. The van der Waals surface area contributed by atoms with Gasteiger partial charge < -0.3 is 0 Å². The van der Waals surface area contributed by atoms with E-state index in [1.807, 2.05) is 5.92 Å². The number of allylic oxidation sites excluding steroid dienone is 2. The van der Waals surface area contributed by atoms with Crippen LogP contribution in [0.3, 0.4) is 0 Å². The summed E-state index contributed by atoms with van der Waals surface area (Å²) in [6.45, 7) is 2.29. The van der Waals surface area contributed by atoms with Gasteiger partial charge in [0, 0.05) is 0 Å². The highest BCUT2D eigenvalue weighted by atomic mass is 14.2. The Balaban J connectivity index is 1.67. The van der Waals surface area contributed by atoms with Gasteiger partial charge in [-0.2, -0.15) is 0 Å². The van der Waals surface area contributed by atoms with Crippen molar-refractivity contribution in [2.24, 2.45) is 0 Å². The second-order valence-corrected chi connectivity index (χ2v) is 7.29. The SMILES string of the molecule is CCCCCCCC/C=C/CCCCCCCC[C]1CCC1. The highest BCUT2D eigenvalue weighted by Crippen LogP contribution is 2.33. The average molecular weight is 306 g/mol. The molecule has 1 aliphatic rings. The average Bonchev–Trinajstić information content (AvgIpc) is 2.48. The molecule has 0 heterocycles. The molecule has 0 nitrogen and oxygen atoms in total. The van der Waals surface area contributed by atoms with Gasteiger partial charge in [-0.3, -0.25) is 0 Å². The van der Waals surface area contributed by atoms with E-state index in [0.717, 1.165) is 0 Å². The summed E-state index contributed by atoms with van der Waals surface area (Å²) >= 11 is 0. The van der Waals surface area contributed by atoms with E-state index in [4.69, 9.17) is 0 Å². The Morgan fingerprint density at radius 3 is 1.64 bits per heavy atom. The van der Waals surface area contributed by atoms with Crippen LogP contribution in [0.2, 0.25) is 0 Å². The lowest BCUT2D eigenvalue weighted by molar-refractivity contribution is 0.479. The highest BCUT2D eigenvalue weighted by molar-refractivity contribution is 4.97. The maximum atomic E-state index is 2.43. The first-order chi connectivity index (χ1) is 10.9. The first kappa shape index (κ1) is 19.8. The summed E-state index contributed by atoms with van der Waals surface area (Å²) in [4.78, 5) is 0. The van der Waals surface area contributed by atoms with E-state index in [2.05, 4.69) is 19.1 Å². The molecule has 1 rings (SSSR count). The Morgan fingerprint density at radius 2 is 1.14 bits per heavy atom. The van der Waals surface area contributed by atoms with Crippen molar-refractivity contribution < 1.29 is 0 Å². The molecule has 0 aliphatic heterocycles. The predicted octanol–water partition coefficient (Wildman–Crippen LogP) is 8.17. The normalized spacial score (nSPS) is 15.5. The van der Waals surface area contributed by atoms with E-state index < -0.39 is 0 Å². The molecule has 1 saturated carbocycles. The Morgan fingerprint density at radius 1 is 0.636 bits per heavy atom. The largest absolute Gasteiger partial charge is 0.0885 e. The molecule has 1 radical (unpaired) electrons. The molecular weight excluding hydrogens is 264 g/mol. The molecule has 0 aromatic heterocycles. The van der Waals surface area contributed by atoms with Crippen molar-refractivity contribution in [1.29, 1.82) is 0 Å². The van der Waals surface area contributed by atoms with Gasteiger partial charge in [0.1, 0.15) is 0 Å². The summed E-state index contributed by atoms with van der Waals surface area (Å²) in [6.07, 6.45) is 30.5. The molecule has 0 N–H and O–H groups in total. The van der Waals surface area contributed by atoms with Crippen LogP contribution in [0.4, 0.5) is 0 Å². The quantitative estimate of drug-likeness (QED) is 0.199. The lowest BCUT2D eigenvalue weighted by Crippen LogP contribution is -2.07. The summed E-state index contributed by atoms with van der Waals surface area (Å²) in [7, 11) is 0. The Kier molecular flexibility index (Phi) is 14.1. The molecule has 0 unspecified atom stereocenters. The van der Waals surface area contributed by atoms with Gasteiger partial charge in [0.2, 0.25) is 0 Å². The van der Waals surface area contributed by atoms with E-state index in [1.165, 1.54) is 116 Å². The van der Waals surface area contributed by atoms with Crippen LogP contribution in [0.5, 0.6) is 0 Å². The van der Waals surface area contributed by atoms with Crippen molar-refractivity contribution in [3.05, 3.63) is 18.1 Å². The molecular formula is C22H41. The van der Waals surface area contributed by atoms with Crippen LogP contribution >= 0.6 is 0 Å². The fourth-order valence-corrected chi connectivity index (χ4v) is 3.30. The number of rotatable bonds is 16. The zero-order valence-electron chi connectivity index (χ0n) is 15.4. The summed E-state index contributed by atoms with van der Waals surface area (Å²) in [5.74, 6) is 1.86. The molecule has 1 fully saturated rings. The fourth-order valence-electron chi connectivity index (χ4n) is 3.30. The zero-order valence-corrected chi connectivity index (χ0v) is 15.4. The second-order valence-electron chi connectivity index (χ2n) is 7.29. The number of hydrogen-bond acceptors (Lipinski definition) is 0. The van der Waals surface area contributed by atoms with E-state index in [1.54, 1.807) is 0 Å². The van der Waals surface area contributed by atoms with Gasteiger partial charge in [-0.25, -0.2) is 0 Å². The van der Waals surface area contributed by atoms with Crippen LogP contribution in [-0.2, 0) is 0 Å². The van der Waals surface area contributed by atoms with Crippen LogP contribution in [0.1, 0.15) is 122 Å². The first-order valence-corrected chi connectivity index (χ1v) is 10.4. The molecule has 22 heavy (non-hydrogen) atoms. The standard InChI is InChI=1S/C22H41/c1-2-3-4-5-6-7-8-9-10-11-12-13-14-15-16-17-19-22-20-18-21-22/h9-10H,2-8,11-21H2,1H3/b10-9+. The number of unbranched alkanes of at least 4 members (excludes halogenated alkanes) is 12. The maximum absolute atomic E-state index is 2.43. The van der Waals surface area contributed by atoms with Crippen molar-refractivity contribution in [3.63, 3.8) is 0 Å². The molecule has 1 aliphatic carbocycles. The molecule has 0 spiro atoms. The lowest BCUT2D eigenvalue weighted by Gasteiger charge is -2.24. The predicted molar refractivity (Wildman–Crippen MR) is 101 cm³/mol. The maximum Gasteiger partial charge on any atom is -0.0241 e. The Bertz CT molecular complexity index is 236. The minimum absolute atomic E-state index is 1.31. The minimum atomic E-state index is 1.31. The third kappa shape index (κ3) is 12.3. The smallest absolute Gasteiger partial charge is 0.0241 e. The van der Waals surface area contributed by atoms with Crippen LogP contribution < -0.4 is 0 Å². The molecule has 129 valence electrons. The van der Waals surface area contributed by atoms with Gasteiger partial charge >= 0.3 is 0 Å². The van der Waals surface area contributed by atoms with Gasteiger partial charge in [0.05, 0.1) is 0 Å². The van der Waals surface area contributed by atoms with Gasteiger partial charge in [0.25, 0.3) is 0 Å². The summed E-state index contributed by atoms with van der Waals surface area (Å²) < 4.78 is 0. The van der Waals surface area contributed by atoms with Crippen molar-refractivity contribution in [2.75, 3.05) is 0 Å². The van der Waals surface area contributed by atoms with Gasteiger partial charge in [-0.15, -0.1) is 0 Å². The van der Waals surface area contributed by atoms with Crippen LogP contribution in [0.15, 0.2) is 12.2 Å². The first-order valence-electron chi connectivity index (χ1n) is 10.4. The Hall–Kier alpha value is -0.260. The van der Waals surface area contributed by atoms with Crippen LogP contribution in [0.25, 0.3) is 0 Å². The third-order valence-electron chi connectivity index (χ3n) is 5.10. The van der Waals surface area contributed by atoms with E-state index in [-0.39, 0.29) is 0 Å². The minimum Gasteiger partial charge on any atom is -0.0885 e. The Labute approximate surface area is 141 Å². The van der Waals surface area contributed by atoms with E-state index in [9.17, 15) is 0 Å².